The number of hydrogen-bond acceptors (Lipinski definition) is 2. The summed E-state index contributed by atoms with van der Waals surface area (Å²) in [5.74, 6) is 0.0680. The van der Waals surface area contributed by atoms with Crippen LogP contribution in [0.4, 0.5) is 0 Å². The van der Waals surface area contributed by atoms with E-state index in [0.29, 0.717) is 13.1 Å². The van der Waals surface area contributed by atoms with Crippen molar-refractivity contribution in [2.45, 2.75) is 12.5 Å². The fourth-order valence-electron chi connectivity index (χ4n) is 1.69. The van der Waals surface area contributed by atoms with E-state index < -0.39 is 0 Å². The molecule has 1 aliphatic heterocycles. The maximum atomic E-state index is 11.0. The topological polar surface area (TPSA) is 41.1 Å². The van der Waals surface area contributed by atoms with Crippen molar-refractivity contribution in [3.63, 3.8) is 0 Å². The molecule has 0 saturated carbocycles. The van der Waals surface area contributed by atoms with Gasteiger partial charge in [0.25, 0.3) is 0 Å². The van der Waals surface area contributed by atoms with Crippen molar-refractivity contribution in [3.05, 3.63) is 35.9 Å². The summed E-state index contributed by atoms with van der Waals surface area (Å²) >= 11 is 0. The Labute approximate surface area is 83.5 Å². The first-order valence-electron chi connectivity index (χ1n) is 4.78. The molecule has 0 aromatic heterocycles. The molecule has 3 heteroatoms. The second-order valence-corrected chi connectivity index (χ2v) is 3.83. The van der Waals surface area contributed by atoms with Crippen LogP contribution in [0.1, 0.15) is 12.5 Å². The minimum absolute atomic E-state index is 0.0680. The predicted octanol–water partition coefficient (Wildman–Crippen LogP) is 0.621. The number of piperazine rings is 1. The van der Waals surface area contributed by atoms with Gasteiger partial charge in [-0.15, -0.1) is 0 Å². The second-order valence-electron chi connectivity index (χ2n) is 3.83. The van der Waals surface area contributed by atoms with Gasteiger partial charge in [0.05, 0.1) is 12.1 Å². The monoisotopic (exact) mass is 190 g/mol. The van der Waals surface area contributed by atoms with Crippen LogP contribution in [0.25, 0.3) is 0 Å². The summed E-state index contributed by atoms with van der Waals surface area (Å²) in [6.07, 6.45) is 0. The zero-order valence-corrected chi connectivity index (χ0v) is 8.21. The van der Waals surface area contributed by atoms with Crippen molar-refractivity contribution in [2.75, 3.05) is 13.1 Å². The Morgan fingerprint density at radius 2 is 2.00 bits per heavy atom. The van der Waals surface area contributed by atoms with E-state index in [0.717, 1.165) is 0 Å². The lowest BCUT2D eigenvalue weighted by atomic mass is 9.90. The van der Waals surface area contributed by atoms with E-state index in [1.165, 1.54) is 5.56 Å². The lowest BCUT2D eigenvalue weighted by Gasteiger charge is -2.35. The minimum Gasteiger partial charge on any atom is -0.353 e. The molecule has 2 rings (SSSR count). The summed E-state index contributed by atoms with van der Waals surface area (Å²) in [5, 5.41) is 6.12. The SMILES string of the molecule is CC1(c2ccccc2)CNC(=O)CN1. The fraction of sp³-hybridized carbons (Fsp3) is 0.364. The number of carbonyl (C=O) groups excluding carboxylic acids is 1. The van der Waals surface area contributed by atoms with Crippen LogP contribution in [-0.4, -0.2) is 19.0 Å². The third kappa shape index (κ3) is 1.63. The summed E-state index contributed by atoms with van der Waals surface area (Å²) in [7, 11) is 0. The highest BCUT2D eigenvalue weighted by Crippen LogP contribution is 2.20. The first-order valence-corrected chi connectivity index (χ1v) is 4.78. The number of hydrogen-bond donors (Lipinski definition) is 2. The maximum Gasteiger partial charge on any atom is 0.234 e. The van der Waals surface area contributed by atoms with E-state index in [1.54, 1.807) is 0 Å². The van der Waals surface area contributed by atoms with Crippen molar-refractivity contribution in [3.8, 4) is 0 Å². The van der Waals surface area contributed by atoms with Crippen LogP contribution in [0.15, 0.2) is 30.3 Å². The molecule has 3 nitrogen and oxygen atoms in total. The van der Waals surface area contributed by atoms with Gasteiger partial charge in [-0.05, 0) is 12.5 Å². The van der Waals surface area contributed by atoms with Gasteiger partial charge in [-0.2, -0.15) is 0 Å². The molecule has 14 heavy (non-hydrogen) atoms. The third-order valence-corrected chi connectivity index (χ3v) is 2.69. The van der Waals surface area contributed by atoms with Gasteiger partial charge in [0.1, 0.15) is 0 Å². The van der Waals surface area contributed by atoms with E-state index in [2.05, 4.69) is 29.7 Å². The molecule has 1 unspecified atom stereocenters. The number of carbonyl (C=O) groups is 1. The van der Waals surface area contributed by atoms with E-state index in [1.807, 2.05) is 18.2 Å². The molecule has 1 saturated heterocycles. The predicted molar refractivity (Wildman–Crippen MR) is 54.8 cm³/mol. The molecule has 1 aromatic rings. The van der Waals surface area contributed by atoms with Crippen LogP contribution in [0.5, 0.6) is 0 Å². The molecular weight excluding hydrogens is 176 g/mol. The number of benzene rings is 1. The van der Waals surface area contributed by atoms with Gasteiger partial charge < -0.3 is 5.32 Å². The van der Waals surface area contributed by atoms with Crippen LogP contribution in [0, 0.1) is 0 Å². The van der Waals surface area contributed by atoms with E-state index in [-0.39, 0.29) is 11.4 Å². The summed E-state index contributed by atoms with van der Waals surface area (Å²) in [6.45, 7) is 3.14. The Hall–Kier alpha value is -1.35. The average Bonchev–Trinajstić information content (AvgIpc) is 2.24. The average molecular weight is 190 g/mol. The molecule has 1 amide bonds. The highest BCUT2D eigenvalue weighted by atomic mass is 16.2. The Morgan fingerprint density at radius 1 is 1.29 bits per heavy atom. The first kappa shape index (κ1) is 9.21. The summed E-state index contributed by atoms with van der Waals surface area (Å²) in [4.78, 5) is 11.0. The fourth-order valence-corrected chi connectivity index (χ4v) is 1.69. The molecule has 1 aromatic carbocycles. The van der Waals surface area contributed by atoms with Gasteiger partial charge in [-0.3, -0.25) is 10.1 Å². The van der Waals surface area contributed by atoms with Crippen molar-refractivity contribution in [2.24, 2.45) is 0 Å². The summed E-state index contributed by atoms with van der Waals surface area (Å²) in [6, 6.07) is 10.2. The molecule has 1 fully saturated rings. The smallest absolute Gasteiger partial charge is 0.234 e. The molecule has 2 N–H and O–H groups in total. The molecule has 1 atom stereocenters. The molecule has 0 radical (unpaired) electrons. The Balaban J connectivity index is 2.21. The Kier molecular flexibility index (Phi) is 2.25. The molecular formula is C11H14N2O. The van der Waals surface area contributed by atoms with E-state index >= 15 is 0 Å². The Morgan fingerprint density at radius 3 is 2.57 bits per heavy atom. The standard InChI is InChI=1S/C11H14N2O/c1-11(8-12-10(14)7-13-11)9-5-3-2-4-6-9/h2-6,13H,7-8H2,1H3,(H,12,14). The normalized spacial score (nSPS) is 27.1. The quantitative estimate of drug-likeness (QED) is 0.681. The summed E-state index contributed by atoms with van der Waals surface area (Å²) < 4.78 is 0. The molecule has 0 aliphatic carbocycles. The van der Waals surface area contributed by atoms with Crippen LogP contribution in [0.2, 0.25) is 0 Å². The minimum atomic E-state index is -0.130. The zero-order chi connectivity index (χ0) is 10.0. The van der Waals surface area contributed by atoms with Gasteiger partial charge in [0.2, 0.25) is 5.91 Å². The van der Waals surface area contributed by atoms with Gasteiger partial charge >= 0.3 is 0 Å². The van der Waals surface area contributed by atoms with Crippen LogP contribution >= 0.6 is 0 Å². The number of amides is 1. The lowest BCUT2D eigenvalue weighted by Crippen LogP contribution is -2.57. The first-order chi connectivity index (χ1) is 6.71. The molecule has 0 bridgehead atoms. The van der Waals surface area contributed by atoms with Crippen LogP contribution < -0.4 is 10.6 Å². The van der Waals surface area contributed by atoms with Crippen molar-refractivity contribution >= 4 is 5.91 Å². The second kappa shape index (κ2) is 3.42. The largest absolute Gasteiger partial charge is 0.353 e. The number of nitrogens with one attached hydrogen (secondary N) is 2. The van der Waals surface area contributed by atoms with Gasteiger partial charge in [0, 0.05) is 6.54 Å². The van der Waals surface area contributed by atoms with E-state index in [4.69, 9.17) is 0 Å². The zero-order valence-electron chi connectivity index (χ0n) is 8.21. The Bertz CT molecular complexity index is 324. The van der Waals surface area contributed by atoms with Crippen molar-refractivity contribution < 1.29 is 4.79 Å². The van der Waals surface area contributed by atoms with Crippen molar-refractivity contribution in [1.82, 2.24) is 10.6 Å². The van der Waals surface area contributed by atoms with E-state index in [9.17, 15) is 4.79 Å². The molecule has 74 valence electrons. The molecule has 1 heterocycles. The highest BCUT2D eigenvalue weighted by Gasteiger charge is 2.30. The highest BCUT2D eigenvalue weighted by molar-refractivity contribution is 5.79. The van der Waals surface area contributed by atoms with Gasteiger partial charge in [-0.25, -0.2) is 0 Å². The molecule has 1 aliphatic rings. The third-order valence-electron chi connectivity index (χ3n) is 2.69. The maximum absolute atomic E-state index is 11.0. The van der Waals surface area contributed by atoms with Crippen LogP contribution in [0.3, 0.4) is 0 Å². The number of rotatable bonds is 1. The molecule has 0 spiro atoms. The van der Waals surface area contributed by atoms with Crippen molar-refractivity contribution in [1.29, 1.82) is 0 Å². The van der Waals surface area contributed by atoms with Crippen LogP contribution in [-0.2, 0) is 10.3 Å². The summed E-state index contributed by atoms with van der Waals surface area (Å²) in [5.41, 5.74) is 1.08. The van der Waals surface area contributed by atoms with Gasteiger partial charge in [0.15, 0.2) is 0 Å². The lowest BCUT2D eigenvalue weighted by molar-refractivity contribution is -0.122. The van der Waals surface area contributed by atoms with Gasteiger partial charge in [-0.1, -0.05) is 30.3 Å².